The molecule has 0 saturated heterocycles. The lowest BCUT2D eigenvalue weighted by molar-refractivity contribution is -0.137. The molecule has 0 radical (unpaired) electrons. The Bertz CT molecular complexity index is 492. The Morgan fingerprint density at radius 2 is 2.10 bits per heavy atom. The molecule has 8 heteroatoms. The van der Waals surface area contributed by atoms with Gasteiger partial charge in [0.25, 0.3) is 0 Å². The van der Waals surface area contributed by atoms with Crippen molar-refractivity contribution in [1.82, 2.24) is 25.0 Å². The summed E-state index contributed by atoms with van der Waals surface area (Å²) in [5.74, 6) is -0.263. The predicted octanol–water partition coefficient (Wildman–Crippen LogP) is 1.08. The normalized spacial score (nSPS) is 11.2. The molecule has 2 amide bonds. The fraction of sp³-hybridized carbons (Fsp3) is 0.692. The predicted molar refractivity (Wildman–Crippen MR) is 76.6 cm³/mol. The number of aliphatic carboxylic acids is 1. The molecule has 2 N–H and O–H groups in total. The van der Waals surface area contributed by atoms with Crippen LogP contribution in [0.2, 0.25) is 0 Å². The molecule has 0 bridgehead atoms. The number of carbonyl (C=O) groups excluding carboxylic acids is 1. The molecule has 0 unspecified atom stereocenters. The van der Waals surface area contributed by atoms with Gasteiger partial charge in [-0.15, -0.1) is 10.2 Å². The van der Waals surface area contributed by atoms with Crippen molar-refractivity contribution in [2.24, 2.45) is 0 Å². The first kappa shape index (κ1) is 16.9. The Morgan fingerprint density at radius 1 is 1.43 bits per heavy atom. The van der Waals surface area contributed by atoms with Gasteiger partial charge in [-0.05, 0) is 27.7 Å². The van der Waals surface area contributed by atoms with Gasteiger partial charge in [-0.25, -0.2) is 4.79 Å². The molecule has 1 aromatic rings. The first-order chi connectivity index (χ1) is 9.75. The lowest BCUT2D eigenvalue weighted by Crippen LogP contribution is -2.51. The fourth-order valence-electron chi connectivity index (χ4n) is 1.88. The number of carboxylic acids is 1. The minimum atomic E-state index is -0.928. The van der Waals surface area contributed by atoms with Crippen LogP contribution in [0.25, 0.3) is 0 Å². The van der Waals surface area contributed by atoms with Crippen LogP contribution >= 0.6 is 0 Å². The molecule has 8 nitrogen and oxygen atoms in total. The number of carbonyl (C=O) groups is 2. The Kier molecular flexibility index (Phi) is 5.69. The van der Waals surface area contributed by atoms with Gasteiger partial charge in [0.2, 0.25) is 0 Å². The summed E-state index contributed by atoms with van der Waals surface area (Å²) in [5.41, 5.74) is -0.460. The van der Waals surface area contributed by atoms with Crippen molar-refractivity contribution in [1.29, 1.82) is 0 Å². The Hall–Kier alpha value is -2.12. The topological polar surface area (TPSA) is 100 Å². The Morgan fingerprint density at radius 3 is 2.62 bits per heavy atom. The molecule has 118 valence electrons. The zero-order chi connectivity index (χ0) is 16.0. The molecule has 21 heavy (non-hydrogen) atoms. The third kappa shape index (κ3) is 5.05. The van der Waals surface area contributed by atoms with Crippen LogP contribution in [0.15, 0.2) is 6.33 Å². The van der Waals surface area contributed by atoms with E-state index >= 15 is 0 Å². The van der Waals surface area contributed by atoms with Gasteiger partial charge in [0.15, 0.2) is 5.82 Å². The summed E-state index contributed by atoms with van der Waals surface area (Å²) in [6.07, 6.45) is 1.52. The second kappa shape index (κ2) is 7.05. The number of hydrogen-bond acceptors (Lipinski definition) is 4. The van der Waals surface area contributed by atoms with Gasteiger partial charge < -0.3 is 19.9 Å². The maximum Gasteiger partial charge on any atom is 0.318 e. The van der Waals surface area contributed by atoms with Gasteiger partial charge in [0.05, 0.1) is 13.0 Å². The van der Waals surface area contributed by atoms with Gasteiger partial charge in [-0.2, -0.15) is 0 Å². The lowest BCUT2D eigenvalue weighted by Gasteiger charge is -2.35. The number of nitrogens with one attached hydrogen (secondary N) is 1. The monoisotopic (exact) mass is 297 g/mol. The minimum absolute atomic E-state index is 0.0875. The number of urea groups is 1. The molecule has 0 aliphatic rings. The minimum Gasteiger partial charge on any atom is -0.481 e. The summed E-state index contributed by atoms with van der Waals surface area (Å²) >= 11 is 0. The van der Waals surface area contributed by atoms with Gasteiger partial charge in [0, 0.05) is 18.6 Å². The van der Waals surface area contributed by atoms with Crippen LogP contribution in [0.3, 0.4) is 0 Å². The number of aryl methyl sites for hydroxylation is 1. The molecule has 0 fully saturated rings. The van der Waals surface area contributed by atoms with Crippen molar-refractivity contribution in [2.75, 3.05) is 6.54 Å². The van der Waals surface area contributed by atoms with Crippen LogP contribution in [0.1, 0.15) is 39.9 Å². The molecule has 0 spiro atoms. The van der Waals surface area contributed by atoms with Crippen molar-refractivity contribution < 1.29 is 14.7 Å². The summed E-state index contributed by atoms with van der Waals surface area (Å²) in [6, 6.07) is -0.311. The summed E-state index contributed by atoms with van der Waals surface area (Å²) in [5, 5.41) is 19.3. The molecule has 1 rings (SSSR count). The Balaban J connectivity index is 2.66. The van der Waals surface area contributed by atoms with E-state index in [1.54, 1.807) is 6.33 Å². The van der Waals surface area contributed by atoms with Crippen LogP contribution in [0.5, 0.6) is 0 Å². The molecule has 0 atom stereocenters. The highest BCUT2D eigenvalue weighted by Gasteiger charge is 2.26. The summed E-state index contributed by atoms with van der Waals surface area (Å²) in [7, 11) is 0. The summed E-state index contributed by atoms with van der Waals surface area (Å²) in [4.78, 5) is 24.5. The maximum absolute atomic E-state index is 12.3. The standard InChI is InChI=1S/C13H23N5O3/c1-5-17-9-15-16-10(17)8-14-12(21)18(13(2,3)4)7-6-11(19)20/h9H,5-8H2,1-4H3,(H,14,21)(H,19,20). The van der Waals surface area contributed by atoms with Gasteiger partial charge in [-0.3, -0.25) is 4.79 Å². The van der Waals surface area contributed by atoms with E-state index in [9.17, 15) is 9.59 Å². The zero-order valence-electron chi connectivity index (χ0n) is 13.0. The lowest BCUT2D eigenvalue weighted by atomic mass is 10.1. The summed E-state index contributed by atoms with van der Waals surface area (Å²) in [6.45, 7) is 8.69. The molecule has 0 aliphatic carbocycles. The van der Waals surface area contributed by atoms with E-state index in [0.29, 0.717) is 5.82 Å². The Labute approximate surface area is 124 Å². The maximum atomic E-state index is 12.3. The number of hydrogen-bond donors (Lipinski definition) is 2. The number of rotatable bonds is 6. The quantitative estimate of drug-likeness (QED) is 0.818. The number of aromatic nitrogens is 3. The molecule has 1 heterocycles. The zero-order valence-corrected chi connectivity index (χ0v) is 13.0. The molecule has 0 aromatic carbocycles. The van der Waals surface area contributed by atoms with Gasteiger partial charge >= 0.3 is 12.0 Å². The summed E-state index contributed by atoms with van der Waals surface area (Å²) < 4.78 is 1.83. The fourth-order valence-corrected chi connectivity index (χ4v) is 1.88. The van der Waals surface area contributed by atoms with E-state index in [1.807, 2.05) is 32.3 Å². The first-order valence-electron chi connectivity index (χ1n) is 6.89. The van der Waals surface area contributed by atoms with Crippen LogP contribution in [-0.4, -0.2) is 48.9 Å². The average Bonchev–Trinajstić information content (AvgIpc) is 2.81. The highest BCUT2D eigenvalue weighted by Crippen LogP contribution is 2.14. The highest BCUT2D eigenvalue weighted by atomic mass is 16.4. The molecular weight excluding hydrogens is 274 g/mol. The van der Waals surface area contributed by atoms with Crippen LogP contribution in [-0.2, 0) is 17.9 Å². The third-order valence-corrected chi connectivity index (χ3v) is 3.04. The smallest absolute Gasteiger partial charge is 0.318 e. The van der Waals surface area contributed by atoms with Crippen LogP contribution < -0.4 is 5.32 Å². The molecule has 1 aromatic heterocycles. The molecular formula is C13H23N5O3. The molecule has 0 aliphatic heterocycles. The van der Waals surface area contributed by atoms with Crippen LogP contribution in [0.4, 0.5) is 4.79 Å². The number of nitrogens with zero attached hydrogens (tertiary/aromatic N) is 4. The molecule has 0 saturated carbocycles. The number of amides is 2. The first-order valence-corrected chi connectivity index (χ1v) is 6.89. The highest BCUT2D eigenvalue weighted by molar-refractivity contribution is 5.76. The second-order valence-corrected chi connectivity index (χ2v) is 5.66. The van der Waals surface area contributed by atoms with Crippen LogP contribution in [0, 0.1) is 0 Å². The van der Waals surface area contributed by atoms with E-state index in [0.717, 1.165) is 6.54 Å². The van der Waals surface area contributed by atoms with Crippen molar-refractivity contribution in [3.8, 4) is 0 Å². The van der Waals surface area contributed by atoms with Crippen molar-refractivity contribution >= 4 is 12.0 Å². The second-order valence-electron chi connectivity index (χ2n) is 5.66. The van der Waals surface area contributed by atoms with Gasteiger partial charge in [-0.1, -0.05) is 0 Å². The number of carboxylic acid groups (broad SMARTS) is 1. The van der Waals surface area contributed by atoms with Crippen molar-refractivity contribution in [3.05, 3.63) is 12.2 Å². The van der Waals surface area contributed by atoms with E-state index in [2.05, 4.69) is 15.5 Å². The van der Waals surface area contributed by atoms with Crippen molar-refractivity contribution in [3.63, 3.8) is 0 Å². The van der Waals surface area contributed by atoms with E-state index in [-0.39, 0.29) is 25.5 Å². The van der Waals surface area contributed by atoms with E-state index < -0.39 is 11.5 Å². The van der Waals surface area contributed by atoms with Gasteiger partial charge in [0.1, 0.15) is 6.33 Å². The van der Waals surface area contributed by atoms with E-state index in [4.69, 9.17) is 5.11 Å². The average molecular weight is 297 g/mol. The largest absolute Gasteiger partial charge is 0.481 e. The third-order valence-electron chi connectivity index (χ3n) is 3.04. The SMILES string of the molecule is CCn1cnnc1CNC(=O)N(CCC(=O)O)C(C)(C)C. The van der Waals surface area contributed by atoms with Crippen molar-refractivity contribution in [2.45, 2.75) is 52.7 Å². The van der Waals surface area contributed by atoms with E-state index in [1.165, 1.54) is 4.90 Å².